The fourth-order valence-corrected chi connectivity index (χ4v) is 1.39. The molecule has 0 bridgehead atoms. The SMILES string of the molecule is NNCc1nc2ccc(Cl)cc2[nH]1. The molecule has 0 fully saturated rings. The van der Waals surface area contributed by atoms with E-state index in [9.17, 15) is 0 Å². The summed E-state index contributed by atoms with van der Waals surface area (Å²) in [7, 11) is 0. The van der Waals surface area contributed by atoms with Crippen LogP contribution in [0.2, 0.25) is 5.02 Å². The van der Waals surface area contributed by atoms with Gasteiger partial charge in [-0.2, -0.15) is 0 Å². The smallest absolute Gasteiger partial charge is 0.122 e. The summed E-state index contributed by atoms with van der Waals surface area (Å²) in [6.07, 6.45) is 0. The number of hydrogen-bond donors (Lipinski definition) is 3. The van der Waals surface area contributed by atoms with Crippen LogP contribution < -0.4 is 11.3 Å². The molecule has 0 aliphatic carbocycles. The lowest BCUT2D eigenvalue weighted by Crippen LogP contribution is -2.21. The van der Waals surface area contributed by atoms with Gasteiger partial charge in [-0.3, -0.25) is 11.3 Å². The Balaban J connectivity index is 2.49. The van der Waals surface area contributed by atoms with Gasteiger partial charge in [0.1, 0.15) is 5.82 Å². The number of nitrogens with zero attached hydrogens (tertiary/aromatic N) is 1. The standard InChI is InChI=1S/C8H9ClN4/c9-5-1-2-6-7(3-5)13-8(12-6)4-11-10/h1-3,11H,4,10H2,(H,12,13). The average Bonchev–Trinajstić information content (AvgIpc) is 2.46. The van der Waals surface area contributed by atoms with E-state index in [1.54, 1.807) is 0 Å². The molecular formula is C8H9ClN4. The van der Waals surface area contributed by atoms with Crippen LogP contribution in [0.4, 0.5) is 0 Å². The molecule has 0 unspecified atom stereocenters. The number of hydrogen-bond acceptors (Lipinski definition) is 3. The highest BCUT2D eigenvalue weighted by molar-refractivity contribution is 6.31. The predicted molar refractivity (Wildman–Crippen MR) is 52.1 cm³/mol. The van der Waals surface area contributed by atoms with Gasteiger partial charge in [-0.25, -0.2) is 4.98 Å². The van der Waals surface area contributed by atoms with Crippen molar-refractivity contribution in [3.05, 3.63) is 29.0 Å². The molecule has 0 spiro atoms. The molecule has 0 saturated heterocycles. The monoisotopic (exact) mass is 196 g/mol. The van der Waals surface area contributed by atoms with Gasteiger partial charge in [0.05, 0.1) is 17.6 Å². The maximum atomic E-state index is 5.82. The number of aromatic nitrogens is 2. The van der Waals surface area contributed by atoms with Crippen molar-refractivity contribution in [3.63, 3.8) is 0 Å². The molecule has 13 heavy (non-hydrogen) atoms. The lowest BCUT2D eigenvalue weighted by atomic mass is 10.3. The number of nitrogens with two attached hydrogens (primary N) is 1. The second kappa shape index (κ2) is 3.33. The zero-order valence-electron chi connectivity index (χ0n) is 6.84. The van der Waals surface area contributed by atoms with Crippen LogP contribution in [-0.2, 0) is 6.54 Å². The molecule has 0 atom stereocenters. The number of H-pyrrole nitrogens is 1. The van der Waals surface area contributed by atoms with E-state index in [2.05, 4.69) is 15.4 Å². The van der Waals surface area contributed by atoms with Crippen molar-refractivity contribution in [2.75, 3.05) is 0 Å². The van der Waals surface area contributed by atoms with Crippen molar-refractivity contribution in [3.8, 4) is 0 Å². The lowest BCUT2D eigenvalue weighted by molar-refractivity contribution is 0.711. The fourth-order valence-electron chi connectivity index (χ4n) is 1.22. The predicted octanol–water partition coefficient (Wildman–Crippen LogP) is 1.18. The zero-order valence-corrected chi connectivity index (χ0v) is 7.60. The molecule has 0 aliphatic rings. The van der Waals surface area contributed by atoms with Crippen LogP contribution in [0, 0.1) is 0 Å². The summed E-state index contributed by atoms with van der Waals surface area (Å²) in [6, 6.07) is 5.52. The van der Waals surface area contributed by atoms with Crippen molar-refractivity contribution in [1.82, 2.24) is 15.4 Å². The van der Waals surface area contributed by atoms with Crippen LogP contribution in [0.1, 0.15) is 5.82 Å². The molecule has 2 aromatic rings. The van der Waals surface area contributed by atoms with Gasteiger partial charge in [0.15, 0.2) is 0 Å². The number of benzene rings is 1. The van der Waals surface area contributed by atoms with Crippen LogP contribution in [0.25, 0.3) is 11.0 Å². The van der Waals surface area contributed by atoms with Crippen LogP contribution in [-0.4, -0.2) is 9.97 Å². The lowest BCUT2D eigenvalue weighted by Gasteiger charge is -1.90. The first-order valence-corrected chi connectivity index (χ1v) is 4.25. The molecule has 5 heteroatoms. The second-order valence-corrected chi connectivity index (χ2v) is 3.16. The van der Waals surface area contributed by atoms with Crippen LogP contribution >= 0.6 is 11.6 Å². The molecule has 0 radical (unpaired) electrons. The number of hydrazine groups is 1. The normalized spacial score (nSPS) is 10.9. The molecular weight excluding hydrogens is 188 g/mol. The summed E-state index contributed by atoms with van der Waals surface area (Å²) >= 11 is 5.82. The number of imidazole rings is 1. The Hall–Kier alpha value is -1.10. The van der Waals surface area contributed by atoms with Crippen molar-refractivity contribution in [1.29, 1.82) is 0 Å². The van der Waals surface area contributed by atoms with E-state index in [1.165, 1.54) is 0 Å². The van der Waals surface area contributed by atoms with E-state index < -0.39 is 0 Å². The highest BCUT2D eigenvalue weighted by Gasteiger charge is 2.01. The van der Waals surface area contributed by atoms with Crippen molar-refractivity contribution in [2.24, 2.45) is 5.84 Å². The molecule has 68 valence electrons. The second-order valence-electron chi connectivity index (χ2n) is 2.73. The molecule has 2 rings (SSSR count). The largest absolute Gasteiger partial charge is 0.341 e. The highest BCUT2D eigenvalue weighted by Crippen LogP contribution is 2.16. The number of halogens is 1. The van der Waals surface area contributed by atoms with E-state index in [1.807, 2.05) is 18.2 Å². The van der Waals surface area contributed by atoms with E-state index >= 15 is 0 Å². The minimum atomic E-state index is 0.520. The summed E-state index contributed by atoms with van der Waals surface area (Å²) in [4.78, 5) is 7.39. The van der Waals surface area contributed by atoms with E-state index in [4.69, 9.17) is 17.4 Å². The molecule has 4 N–H and O–H groups in total. The molecule has 0 aliphatic heterocycles. The minimum absolute atomic E-state index is 0.520. The topological polar surface area (TPSA) is 66.7 Å². The Kier molecular flexibility index (Phi) is 2.18. The summed E-state index contributed by atoms with van der Waals surface area (Å²) in [5, 5.41) is 0.698. The first kappa shape index (κ1) is 8.50. The number of nitrogens with one attached hydrogen (secondary N) is 2. The van der Waals surface area contributed by atoms with Gasteiger partial charge in [0.25, 0.3) is 0 Å². The Morgan fingerprint density at radius 3 is 3.15 bits per heavy atom. The number of fused-ring (bicyclic) bond motifs is 1. The van der Waals surface area contributed by atoms with Gasteiger partial charge in [-0.05, 0) is 18.2 Å². The highest BCUT2D eigenvalue weighted by atomic mass is 35.5. The Labute approximate surface area is 80.1 Å². The Bertz CT molecular complexity index is 423. The van der Waals surface area contributed by atoms with E-state index in [0.29, 0.717) is 11.6 Å². The number of aromatic amines is 1. The van der Waals surface area contributed by atoms with Crippen LogP contribution in [0.5, 0.6) is 0 Å². The maximum absolute atomic E-state index is 5.82. The van der Waals surface area contributed by atoms with Gasteiger partial charge in [-0.15, -0.1) is 0 Å². The third-order valence-corrected chi connectivity index (χ3v) is 2.00. The van der Waals surface area contributed by atoms with Crippen molar-refractivity contribution < 1.29 is 0 Å². The summed E-state index contributed by atoms with van der Waals surface area (Å²) in [6.45, 7) is 0.520. The van der Waals surface area contributed by atoms with Crippen molar-refractivity contribution in [2.45, 2.75) is 6.54 Å². The first-order chi connectivity index (χ1) is 6.29. The quantitative estimate of drug-likeness (QED) is 0.499. The van der Waals surface area contributed by atoms with Gasteiger partial charge in [0.2, 0.25) is 0 Å². The first-order valence-electron chi connectivity index (χ1n) is 3.87. The fraction of sp³-hybridized carbons (Fsp3) is 0.125. The zero-order chi connectivity index (χ0) is 9.26. The van der Waals surface area contributed by atoms with E-state index in [-0.39, 0.29) is 0 Å². The van der Waals surface area contributed by atoms with Gasteiger partial charge < -0.3 is 4.98 Å². The van der Waals surface area contributed by atoms with Crippen molar-refractivity contribution >= 4 is 22.6 Å². The average molecular weight is 197 g/mol. The van der Waals surface area contributed by atoms with E-state index in [0.717, 1.165) is 16.9 Å². The molecule has 0 saturated carbocycles. The minimum Gasteiger partial charge on any atom is -0.341 e. The maximum Gasteiger partial charge on any atom is 0.122 e. The summed E-state index contributed by atoms with van der Waals surface area (Å²) < 4.78 is 0. The van der Waals surface area contributed by atoms with Crippen LogP contribution in [0.15, 0.2) is 18.2 Å². The molecule has 1 heterocycles. The van der Waals surface area contributed by atoms with Crippen LogP contribution in [0.3, 0.4) is 0 Å². The third-order valence-electron chi connectivity index (χ3n) is 1.76. The number of rotatable bonds is 2. The Morgan fingerprint density at radius 2 is 2.38 bits per heavy atom. The molecule has 0 amide bonds. The van der Waals surface area contributed by atoms with Gasteiger partial charge in [-0.1, -0.05) is 11.6 Å². The summed E-state index contributed by atoms with van der Waals surface area (Å²) in [5.74, 6) is 5.98. The Morgan fingerprint density at radius 1 is 1.54 bits per heavy atom. The molecule has 4 nitrogen and oxygen atoms in total. The third kappa shape index (κ3) is 1.65. The van der Waals surface area contributed by atoms with Gasteiger partial charge in [0, 0.05) is 5.02 Å². The molecule has 1 aromatic carbocycles. The van der Waals surface area contributed by atoms with Gasteiger partial charge >= 0.3 is 0 Å². The molecule has 1 aromatic heterocycles. The summed E-state index contributed by atoms with van der Waals surface area (Å²) in [5.41, 5.74) is 4.36.